The van der Waals surface area contributed by atoms with Gasteiger partial charge < -0.3 is 15.3 Å². The summed E-state index contributed by atoms with van der Waals surface area (Å²) in [4.78, 5) is 6.82. The largest absolute Gasteiger partial charge is 0.394 e. The van der Waals surface area contributed by atoms with Gasteiger partial charge in [0.05, 0.1) is 13.2 Å². The van der Waals surface area contributed by atoms with Crippen molar-refractivity contribution in [2.45, 2.75) is 46.5 Å². The number of halogens is 1. The third-order valence-corrected chi connectivity index (χ3v) is 3.63. The highest BCUT2D eigenvalue weighted by molar-refractivity contribution is 14.0. The Balaban J connectivity index is 0.00000324. The summed E-state index contributed by atoms with van der Waals surface area (Å²) < 4.78 is 0. The molecule has 0 aromatic rings. The number of guanidine groups is 1. The van der Waals surface area contributed by atoms with Crippen LogP contribution in [0.25, 0.3) is 0 Å². The SMILES string of the molecule is CCCC1(C)CCCN(C(=NCCO)NCC)C1.I. The normalized spacial score (nSPS) is 24.0. The molecule has 1 saturated heterocycles. The zero-order valence-electron chi connectivity index (χ0n) is 12.6. The lowest BCUT2D eigenvalue weighted by Crippen LogP contribution is -2.49. The summed E-state index contributed by atoms with van der Waals surface area (Å²) in [6.45, 7) is 10.4. The third kappa shape index (κ3) is 6.29. The first-order valence-electron chi connectivity index (χ1n) is 7.29. The van der Waals surface area contributed by atoms with Gasteiger partial charge in [0.15, 0.2) is 5.96 Å². The summed E-state index contributed by atoms with van der Waals surface area (Å²) in [5, 5.41) is 12.2. The summed E-state index contributed by atoms with van der Waals surface area (Å²) >= 11 is 0. The number of rotatable bonds is 5. The number of aliphatic imine (C=N–C) groups is 1. The van der Waals surface area contributed by atoms with Crippen molar-refractivity contribution in [2.75, 3.05) is 32.8 Å². The van der Waals surface area contributed by atoms with Crippen molar-refractivity contribution < 1.29 is 5.11 Å². The molecule has 2 N–H and O–H groups in total. The summed E-state index contributed by atoms with van der Waals surface area (Å²) in [6, 6.07) is 0. The fourth-order valence-corrected chi connectivity index (χ4v) is 2.89. The van der Waals surface area contributed by atoms with Gasteiger partial charge in [-0.15, -0.1) is 24.0 Å². The van der Waals surface area contributed by atoms with Crippen molar-refractivity contribution in [1.82, 2.24) is 10.2 Å². The van der Waals surface area contributed by atoms with E-state index in [1.807, 2.05) is 0 Å². The Hall–Kier alpha value is -0.0400. The summed E-state index contributed by atoms with van der Waals surface area (Å²) in [5.74, 6) is 0.966. The van der Waals surface area contributed by atoms with E-state index in [1.54, 1.807) is 0 Å². The Morgan fingerprint density at radius 2 is 2.16 bits per heavy atom. The van der Waals surface area contributed by atoms with Gasteiger partial charge in [-0.05, 0) is 31.6 Å². The molecule has 1 rings (SSSR count). The van der Waals surface area contributed by atoms with E-state index in [0.29, 0.717) is 12.0 Å². The number of nitrogens with one attached hydrogen (secondary N) is 1. The molecule has 19 heavy (non-hydrogen) atoms. The van der Waals surface area contributed by atoms with Gasteiger partial charge in [0.1, 0.15) is 0 Å². The van der Waals surface area contributed by atoms with E-state index in [4.69, 9.17) is 5.11 Å². The Bertz CT molecular complexity index is 269. The van der Waals surface area contributed by atoms with E-state index in [0.717, 1.165) is 25.6 Å². The van der Waals surface area contributed by atoms with Crippen molar-refractivity contribution in [2.24, 2.45) is 10.4 Å². The minimum absolute atomic E-state index is 0. The molecule has 1 unspecified atom stereocenters. The highest BCUT2D eigenvalue weighted by atomic mass is 127. The van der Waals surface area contributed by atoms with Gasteiger partial charge in [0.2, 0.25) is 0 Å². The average Bonchev–Trinajstić information content (AvgIpc) is 2.34. The molecule has 1 atom stereocenters. The highest BCUT2D eigenvalue weighted by Gasteiger charge is 2.31. The lowest BCUT2D eigenvalue weighted by molar-refractivity contribution is 0.142. The molecule has 0 aromatic heterocycles. The molecule has 0 saturated carbocycles. The van der Waals surface area contributed by atoms with Gasteiger partial charge in [-0.2, -0.15) is 0 Å². The fraction of sp³-hybridized carbons (Fsp3) is 0.929. The van der Waals surface area contributed by atoms with Gasteiger partial charge in [-0.1, -0.05) is 20.3 Å². The van der Waals surface area contributed by atoms with Gasteiger partial charge in [-0.25, -0.2) is 0 Å². The Morgan fingerprint density at radius 1 is 1.42 bits per heavy atom. The molecule has 1 aliphatic heterocycles. The van der Waals surface area contributed by atoms with Crippen LogP contribution in [0.15, 0.2) is 4.99 Å². The first-order valence-corrected chi connectivity index (χ1v) is 7.29. The Labute approximate surface area is 135 Å². The number of aliphatic hydroxyl groups excluding tert-OH is 1. The van der Waals surface area contributed by atoms with Crippen LogP contribution in [-0.2, 0) is 0 Å². The topological polar surface area (TPSA) is 47.9 Å². The van der Waals surface area contributed by atoms with E-state index in [9.17, 15) is 0 Å². The van der Waals surface area contributed by atoms with Crippen LogP contribution in [0.2, 0.25) is 0 Å². The molecule has 4 nitrogen and oxygen atoms in total. The average molecular weight is 383 g/mol. The molecule has 1 fully saturated rings. The smallest absolute Gasteiger partial charge is 0.194 e. The molecular weight excluding hydrogens is 353 g/mol. The van der Waals surface area contributed by atoms with Crippen molar-refractivity contribution in [3.05, 3.63) is 0 Å². The van der Waals surface area contributed by atoms with Crippen molar-refractivity contribution in [3.63, 3.8) is 0 Å². The van der Waals surface area contributed by atoms with Gasteiger partial charge in [-0.3, -0.25) is 4.99 Å². The summed E-state index contributed by atoms with van der Waals surface area (Å²) in [7, 11) is 0. The molecule has 0 spiro atoms. The zero-order valence-corrected chi connectivity index (χ0v) is 14.9. The van der Waals surface area contributed by atoms with Crippen LogP contribution in [0.3, 0.4) is 0 Å². The minimum Gasteiger partial charge on any atom is -0.394 e. The zero-order chi connectivity index (χ0) is 13.4. The van der Waals surface area contributed by atoms with Crippen LogP contribution in [0, 0.1) is 5.41 Å². The van der Waals surface area contributed by atoms with Crippen molar-refractivity contribution in [3.8, 4) is 0 Å². The second kappa shape index (κ2) is 9.80. The number of aliphatic hydroxyl groups is 1. The molecule has 0 aliphatic carbocycles. The van der Waals surface area contributed by atoms with Crippen LogP contribution in [-0.4, -0.2) is 48.8 Å². The highest BCUT2D eigenvalue weighted by Crippen LogP contribution is 2.33. The van der Waals surface area contributed by atoms with Crippen molar-refractivity contribution >= 4 is 29.9 Å². The molecule has 0 amide bonds. The van der Waals surface area contributed by atoms with Gasteiger partial charge >= 0.3 is 0 Å². The molecular formula is C14H30IN3O. The number of likely N-dealkylation sites (tertiary alicyclic amines) is 1. The predicted octanol–water partition coefficient (Wildman–Crippen LogP) is 2.46. The molecule has 114 valence electrons. The fourth-order valence-electron chi connectivity index (χ4n) is 2.89. The lowest BCUT2D eigenvalue weighted by atomic mass is 9.78. The van der Waals surface area contributed by atoms with Crippen LogP contribution < -0.4 is 5.32 Å². The maximum Gasteiger partial charge on any atom is 0.194 e. The van der Waals surface area contributed by atoms with E-state index in [2.05, 4.69) is 36.0 Å². The third-order valence-electron chi connectivity index (χ3n) is 3.63. The first-order chi connectivity index (χ1) is 8.65. The van der Waals surface area contributed by atoms with Crippen LogP contribution in [0.4, 0.5) is 0 Å². The number of hydrogen-bond donors (Lipinski definition) is 2. The van der Waals surface area contributed by atoms with E-state index in [-0.39, 0.29) is 30.6 Å². The number of hydrogen-bond acceptors (Lipinski definition) is 2. The van der Waals surface area contributed by atoms with Gasteiger partial charge in [0.25, 0.3) is 0 Å². The van der Waals surface area contributed by atoms with E-state index < -0.39 is 0 Å². The Morgan fingerprint density at radius 3 is 2.74 bits per heavy atom. The van der Waals surface area contributed by atoms with E-state index in [1.165, 1.54) is 25.7 Å². The minimum atomic E-state index is 0. The monoisotopic (exact) mass is 383 g/mol. The standard InChI is InChI=1S/C14H29N3O.HI/c1-4-7-14(3)8-6-10-17(12-14)13(15-5-2)16-9-11-18;/h18H,4-12H2,1-3H3,(H,15,16);1H. The number of nitrogens with zero attached hydrogens (tertiary/aromatic N) is 2. The quantitative estimate of drug-likeness (QED) is 0.436. The van der Waals surface area contributed by atoms with Crippen LogP contribution in [0.1, 0.15) is 46.5 Å². The molecule has 0 radical (unpaired) electrons. The lowest BCUT2D eigenvalue weighted by Gasteiger charge is -2.42. The van der Waals surface area contributed by atoms with E-state index >= 15 is 0 Å². The van der Waals surface area contributed by atoms with Crippen molar-refractivity contribution in [1.29, 1.82) is 0 Å². The maximum absolute atomic E-state index is 8.92. The van der Waals surface area contributed by atoms with Crippen LogP contribution >= 0.6 is 24.0 Å². The molecule has 0 bridgehead atoms. The molecule has 0 aromatic carbocycles. The Kier molecular flexibility index (Phi) is 9.78. The van der Waals surface area contributed by atoms with Crippen LogP contribution in [0.5, 0.6) is 0 Å². The summed E-state index contributed by atoms with van der Waals surface area (Å²) in [5.41, 5.74) is 0.419. The second-order valence-electron chi connectivity index (χ2n) is 5.55. The second-order valence-corrected chi connectivity index (χ2v) is 5.55. The number of piperidine rings is 1. The molecule has 1 aliphatic rings. The van der Waals surface area contributed by atoms with Gasteiger partial charge in [0, 0.05) is 19.6 Å². The first kappa shape index (κ1) is 19.0. The predicted molar refractivity (Wildman–Crippen MR) is 92.3 cm³/mol. The summed E-state index contributed by atoms with van der Waals surface area (Å²) in [6.07, 6.45) is 5.08. The maximum atomic E-state index is 8.92. The molecule has 1 heterocycles. The molecule has 5 heteroatoms.